The average molecular weight is 133 g/mol. The maximum Gasteiger partial charge on any atom is 0.158 e. The molecule has 0 spiro atoms. The first-order chi connectivity index (χ1) is 4.86. The molecule has 1 aromatic heterocycles. The van der Waals surface area contributed by atoms with Gasteiger partial charge in [0.2, 0.25) is 0 Å². The highest BCUT2D eigenvalue weighted by Gasteiger charge is 1.95. The predicted octanol–water partition coefficient (Wildman–Crippen LogP) is 1.01. The van der Waals surface area contributed by atoms with Gasteiger partial charge in [-0.15, -0.1) is 6.58 Å². The first kappa shape index (κ1) is 6.56. The second-order valence-electron chi connectivity index (χ2n) is 1.84. The normalized spacial score (nSPS) is 8.70. The van der Waals surface area contributed by atoms with Crippen LogP contribution < -0.4 is 0 Å². The van der Waals surface area contributed by atoms with Crippen molar-refractivity contribution in [2.45, 2.75) is 6.42 Å². The van der Waals surface area contributed by atoms with Gasteiger partial charge < -0.3 is 4.98 Å². The molecule has 1 rings (SSSR count). The van der Waals surface area contributed by atoms with Crippen molar-refractivity contribution in [2.75, 3.05) is 0 Å². The van der Waals surface area contributed by atoms with Crippen LogP contribution in [0.1, 0.15) is 11.5 Å². The highest BCUT2D eigenvalue weighted by Crippen LogP contribution is 1.95. The quantitative estimate of drug-likeness (QED) is 0.612. The molecule has 1 heterocycles. The zero-order chi connectivity index (χ0) is 7.40. The minimum Gasteiger partial charge on any atom is -0.347 e. The van der Waals surface area contributed by atoms with Gasteiger partial charge in [-0.05, 0) is 0 Å². The van der Waals surface area contributed by atoms with Gasteiger partial charge in [0.05, 0.1) is 0 Å². The molecular formula is C7H7N3. The fourth-order valence-corrected chi connectivity index (χ4v) is 0.660. The Morgan fingerprint density at radius 1 is 1.90 bits per heavy atom. The molecular weight excluding hydrogens is 126 g/mol. The molecule has 0 unspecified atom stereocenters. The second-order valence-corrected chi connectivity index (χ2v) is 1.84. The van der Waals surface area contributed by atoms with Crippen LogP contribution in [0.3, 0.4) is 0 Å². The van der Waals surface area contributed by atoms with Crippen molar-refractivity contribution < 1.29 is 0 Å². The SMILES string of the molecule is C=CCc1nc(C#N)c[nH]1. The van der Waals surface area contributed by atoms with Crippen LogP contribution in [0.2, 0.25) is 0 Å². The lowest BCUT2D eigenvalue weighted by Gasteiger charge is -1.82. The Kier molecular flexibility index (Phi) is 1.86. The Morgan fingerprint density at radius 3 is 3.20 bits per heavy atom. The van der Waals surface area contributed by atoms with Gasteiger partial charge in [-0.2, -0.15) is 5.26 Å². The summed E-state index contributed by atoms with van der Waals surface area (Å²) in [6.07, 6.45) is 4.00. The summed E-state index contributed by atoms with van der Waals surface area (Å²) in [5.41, 5.74) is 0.428. The molecule has 3 nitrogen and oxygen atoms in total. The van der Waals surface area contributed by atoms with Gasteiger partial charge in [0.25, 0.3) is 0 Å². The Hall–Kier alpha value is -1.56. The number of allylic oxidation sites excluding steroid dienone is 1. The predicted molar refractivity (Wildman–Crippen MR) is 37.2 cm³/mol. The number of aromatic nitrogens is 2. The van der Waals surface area contributed by atoms with Crippen LogP contribution >= 0.6 is 0 Å². The highest BCUT2D eigenvalue weighted by molar-refractivity contribution is 5.17. The lowest BCUT2D eigenvalue weighted by Crippen LogP contribution is -1.82. The summed E-state index contributed by atoms with van der Waals surface area (Å²) >= 11 is 0. The maximum atomic E-state index is 8.36. The van der Waals surface area contributed by atoms with Crippen LogP contribution in [0.25, 0.3) is 0 Å². The molecule has 0 saturated carbocycles. The highest BCUT2D eigenvalue weighted by atomic mass is 14.9. The number of aromatic amines is 1. The summed E-state index contributed by atoms with van der Waals surface area (Å²) < 4.78 is 0. The number of hydrogen-bond donors (Lipinski definition) is 1. The number of imidazole rings is 1. The Morgan fingerprint density at radius 2 is 2.70 bits per heavy atom. The van der Waals surface area contributed by atoms with E-state index in [1.807, 2.05) is 6.07 Å². The maximum absolute atomic E-state index is 8.36. The van der Waals surface area contributed by atoms with Crippen LogP contribution in [0.4, 0.5) is 0 Å². The zero-order valence-corrected chi connectivity index (χ0v) is 5.46. The first-order valence-corrected chi connectivity index (χ1v) is 2.92. The molecule has 0 bridgehead atoms. The van der Waals surface area contributed by atoms with Crippen molar-refractivity contribution in [1.29, 1.82) is 5.26 Å². The number of hydrogen-bond acceptors (Lipinski definition) is 2. The summed E-state index contributed by atoms with van der Waals surface area (Å²) in [5, 5.41) is 8.36. The van der Waals surface area contributed by atoms with Gasteiger partial charge in [-0.1, -0.05) is 6.08 Å². The molecule has 3 heteroatoms. The van der Waals surface area contributed by atoms with Gasteiger partial charge in [0.15, 0.2) is 5.69 Å². The number of nitrogens with zero attached hydrogens (tertiary/aromatic N) is 2. The smallest absolute Gasteiger partial charge is 0.158 e. The van der Waals surface area contributed by atoms with Crippen molar-refractivity contribution in [2.24, 2.45) is 0 Å². The van der Waals surface area contributed by atoms with E-state index in [9.17, 15) is 0 Å². The van der Waals surface area contributed by atoms with E-state index in [4.69, 9.17) is 5.26 Å². The zero-order valence-electron chi connectivity index (χ0n) is 5.46. The van der Waals surface area contributed by atoms with Gasteiger partial charge >= 0.3 is 0 Å². The Balaban J connectivity index is 2.80. The van der Waals surface area contributed by atoms with E-state index in [1.165, 1.54) is 0 Å². The molecule has 0 amide bonds. The molecule has 10 heavy (non-hydrogen) atoms. The van der Waals surface area contributed by atoms with E-state index >= 15 is 0 Å². The fraction of sp³-hybridized carbons (Fsp3) is 0.143. The average Bonchev–Trinajstić information content (AvgIpc) is 2.37. The van der Waals surface area contributed by atoms with Crippen molar-refractivity contribution >= 4 is 0 Å². The second kappa shape index (κ2) is 2.83. The van der Waals surface area contributed by atoms with Gasteiger partial charge in [-0.25, -0.2) is 4.98 Å². The van der Waals surface area contributed by atoms with E-state index in [-0.39, 0.29) is 0 Å². The van der Waals surface area contributed by atoms with E-state index in [1.54, 1.807) is 12.3 Å². The van der Waals surface area contributed by atoms with Crippen molar-refractivity contribution in [1.82, 2.24) is 9.97 Å². The molecule has 0 radical (unpaired) electrons. The summed E-state index contributed by atoms with van der Waals surface area (Å²) in [6, 6.07) is 1.93. The molecule has 0 aliphatic carbocycles. The minimum absolute atomic E-state index is 0.428. The van der Waals surface area contributed by atoms with Crippen LogP contribution in [0.5, 0.6) is 0 Å². The third-order valence-corrected chi connectivity index (χ3v) is 1.08. The lowest BCUT2D eigenvalue weighted by atomic mass is 10.4. The molecule has 1 N–H and O–H groups in total. The van der Waals surface area contributed by atoms with Crippen molar-refractivity contribution in [3.05, 3.63) is 30.4 Å². The van der Waals surface area contributed by atoms with Gasteiger partial charge in [-0.3, -0.25) is 0 Å². The molecule has 0 fully saturated rings. The van der Waals surface area contributed by atoms with E-state index < -0.39 is 0 Å². The standard InChI is InChI=1S/C7H7N3/c1-2-3-7-9-5-6(4-8)10-7/h2,5H,1,3H2,(H,9,10). The van der Waals surface area contributed by atoms with E-state index in [0.29, 0.717) is 12.1 Å². The molecule has 0 aliphatic rings. The topological polar surface area (TPSA) is 52.5 Å². The lowest BCUT2D eigenvalue weighted by molar-refractivity contribution is 1.06. The summed E-state index contributed by atoms with van der Waals surface area (Å²) in [4.78, 5) is 6.78. The third-order valence-electron chi connectivity index (χ3n) is 1.08. The van der Waals surface area contributed by atoms with Crippen LogP contribution in [-0.2, 0) is 6.42 Å². The first-order valence-electron chi connectivity index (χ1n) is 2.92. The molecule has 0 saturated heterocycles. The van der Waals surface area contributed by atoms with E-state index in [0.717, 1.165) is 5.82 Å². The van der Waals surface area contributed by atoms with Crippen LogP contribution in [0.15, 0.2) is 18.9 Å². The molecule has 1 aromatic rings. The summed E-state index contributed by atoms with van der Waals surface area (Å²) in [7, 11) is 0. The van der Waals surface area contributed by atoms with Gasteiger partial charge in [0, 0.05) is 12.6 Å². The van der Waals surface area contributed by atoms with Crippen molar-refractivity contribution in [3.63, 3.8) is 0 Å². The monoisotopic (exact) mass is 133 g/mol. The number of nitrogens with one attached hydrogen (secondary N) is 1. The van der Waals surface area contributed by atoms with E-state index in [2.05, 4.69) is 16.5 Å². The minimum atomic E-state index is 0.428. The van der Waals surface area contributed by atoms with Gasteiger partial charge in [0.1, 0.15) is 11.9 Å². The van der Waals surface area contributed by atoms with Crippen molar-refractivity contribution in [3.8, 4) is 6.07 Å². The number of H-pyrrole nitrogens is 1. The molecule has 0 atom stereocenters. The third kappa shape index (κ3) is 1.23. The fourth-order valence-electron chi connectivity index (χ4n) is 0.660. The number of nitriles is 1. The number of rotatable bonds is 2. The summed E-state index contributed by atoms with van der Waals surface area (Å²) in [5.74, 6) is 0.784. The molecule has 0 aliphatic heterocycles. The molecule has 50 valence electrons. The Bertz CT molecular complexity index is 267. The largest absolute Gasteiger partial charge is 0.347 e. The van der Waals surface area contributed by atoms with Crippen LogP contribution in [0, 0.1) is 11.3 Å². The summed E-state index contributed by atoms with van der Waals surface area (Å²) in [6.45, 7) is 3.55. The Labute approximate surface area is 59.0 Å². The molecule has 0 aromatic carbocycles. The van der Waals surface area contributed by atoms with Crippen LogP contribution in [-0.4, -0.2) is 9.97 Å².